The summed E-state index contributed by atoms with van der Waals surface area (Å²) < 4.78 is 211. The van der Waals surface area contributed by atoms with Crippen molar-refractivity contribution >= 4 is 5.78 Å². The van der Waals surface area contributed by atoms with Gasteiger partial charge in [-0.2, -0.15) is 61.5 Å². The molecule has 0 aromatic heterocycles. The third-order valence-electron chi connectivity index (χ3n) is 2.86. The summed E-state index contributed by atoms with van der Waals surface area (Å²) in [5.74, 6) is -27.5. The zero-order valence-corrected chi connectivity index (χ0v) is 11.4. The predicted octanol–water partition coefficient (Wildman–Crippen LogP) is 5.40. The van der Waals surface area contributed by atoms with Gasteiger partial charge in [-0.3, -0.25) is 4.79 Å². The maximum Gasteiger partial charge on any atom is 0.461 e. The van der Waals surface area contributed by atoms with Crippen LogP contribution in [-0.4, -0.2) is 48.0 Å². The molecule has 0 N–H and O–H groups in total. The van der Waals surface area contributed by atoms with Gasteiger partial charge in [0.25, 0.3) is 0 Å². The van der Waals surface area contributed by atoms with Crippen LogP contribution in [0.2, 0.25) is 0 Å². The zero-order valence-electron chi connectivity index (χ0n) is 11.4. The van der Waals surface area contributed by atoms with E-state index in [1.54, 1.807) is 0 Å². The topological polar surface area (TPSA) is 17.1 Å². The summed E-state index contributed by atoms with van der Waals surface area (Å²) in [4.78, 5) is 10.6. The minimum Gasteiger partial charge on any atom is -0.292 e. The highest BCUT2D eigenvalue weighted by Crippen LogP contribution is 2.60. The predicted molar refractivity (Wildman–Crippen MR) is 46.4 cm³/mol. The van der Waals surface area contributed by atoms with E-state index in [1.807, 2.05) is 0 Å². The van der Waals surface area contributed by atoms with Crippen molar-refractivity contribution in [2.45, 2.75) is 42.2 Å². The van der Waals surface area contributed by atoms with E-state index < -0.39 is 53.9 Å². The second-order valence-electron chi connectivity index (χ2n) is 4.69. The van der Waals surface area contributed by atoms with Crippen molar-refractivity contribution in [2.24, 2.45) is 5.92 Å². The standard InChI is InChI=1S/C9HF17O/c10-3(11,6(17,8(21,22)23)9(24,25)26)1(5(14,15)16)2(27)4(12,13)7(18,19)20/h1H. The summed E-state index contributed by atoms with van der Waals surface area (Å²) in [6.07, 6.45) is -31.0. The number of Topliss-reactive ketones (excluding diaryl/α,β-unsaturated/α-hetero) is 1. The van der Waals surface area contributed by atoms with Crippen molar-refractivity contribution < 1.29 is 79.4 Å². The van der Waals surface area contributed by atoms with Crippen molar-refractivity contribution in [1.29, 1.82) is 0 Å². The summed E-state index contributed by atoms with van der Waals surface area (Å²) in [5, 5.41) is 0. The normalized spacial score (nSPS) is 17.1. The van der Waals surface area contributed by atoms with Crippen LogP contribution in [0.3, 0.4) is 0 Å². The summed E-state index contributed by atoms with van der Waals surface area (Å²) in [7, 11) is 0. The number of halogens is 17. The molecular formula is C9HF17O. The summed E-state index contributed by atoms with van der Waals surface area (Å²) >= 11 is 0. The smallest absolute Gasteiger partial charge is 0.292 e. The molecule has 0 rings (SSSR count). The van der Waals surface area contributed by atoms with Gasteiger partial charge < -0.3 is 0 Å². The Kier molecular flexibility index (Phi) is 5.90. The third-order valence-corrected chi connectivity index (χ3v) is 2.86. The Labute approximate surface area is 135 Å². The average Bonchev–Trinajstić information content (AvgIpc) is 2.30. The Balaban J connectivity index is 6.94. The maximum absolute atomic E-state index is 13.3. The van der Waals surface area contributed by atoms with E-state index in [2.05, 4.69) is 0 Å². The Morgan fingerprint density at radius 2 is 0.815 bits per heavy atom. The van der Waals surface area contributed by atoms with Gasteiger partial charge in [0.05, 0.1) is 0 Å². The lowest BCUT2D eigenvalue weighted by atomic mass is 9.81. The van der Waals surface area contributed by atoms with E-state index in [4.69, 9.17) is 0 Å². The van der Waals surface area contributed by atoms with Crippen LogP contribution in [0, 0.1) is 5.92 Å². The molecule has 0 amide bonds. The number of carbonyl (C=O) groups excluding carboxylic acids is 1. The molecule has 0 saturated carbocycles. The van der Waals surface area contributed by atoms with E-state index in [9.17, 15) is 79.4 Å². The van der Waals surface area contributed by atoms with E-state index in [-0.39, 0.29) is 0 Å². The molecule has 0 radical (unpaired) electrons. The second kappa shape index (κ2) is 6.25. The van der Waals surface area contributed by atoms with E-state index in [0.717, 1.165) is 0 Å². The molecule has 0 aromatic carbocycles. The van der Waals surface area contributed by atoms with Gasteiger partial charge >= 0.3 is 42.2 Å². The molecule has 0 aliphatic rings. The van der Waals surface area contributed by atoms with E-state index in [0.29, 0.717) is 0 Å². The monoisotopic (exact) mass is 448 g/mol. The van der Waals surface area contributed by atoms with Gasteiger partial charge in [0.15, 0.2) is 5.92 Å². The molecule has 0 aromatic rings. The molecule has 0 spiro atoms. The fourth-order valence-corrected chi connectivity index (χ4v) is 1.58. The van der Waals surface area contributed by atoms with Crippen molar-refractivity contribution in [3.05, 3.63) is 0 Å². The van der Waals surface area contributed by atoms with Gasteiger partial charge in [0.2, 0.25) is 5.78 Å². The first kappa shape index (κ1) is 25.5. The Hall–Kier alpha value is -1.52. The van der Waals surface area contributed by atoms with Crippen LogP contribution in [-0.2, 0) is 4.79 Å². The molecule has 0 aliphatic heterocycles. The van der Waals surface area contributed by atoms with E-state index in [1.165, 1.54) is 0 Å². The Morgan fingerprint density at radius 1 is 0.519 bits per heavy atom. The van der Waals surface area contributed by atoms with Crippen molar-refractivity contribution in [1.82, 2.24) is 0 Å². The molecule has 1 atom stereocenters. The highest BCUT2D eigenvalue weighted by Gasteiger charge is 2.90. The number of hydrogen-bond acceptors (Lipinski definition) is 1. The summed E-state index contributed by atoms with van der Waals surface area (Å²) in [6, 6.07) is 0. The number of carbonyl (C=O) groups is 1. The fourth-order valence-electron chi connectivity index (χ4n) is 1.58. The fraction of sp³-hybridized carbons (Fsp3) is 0.889. The first-order valence-corrected chi connectivity index (χ1v) is 5.53. The van der Waals surface area contributed by atoms with Crippen LogP contribution in [0.15, 0.2) is 0 Å². The number of alkyl halides is 17. The van der Waals surface area contributed by atoms with E-state index >= 15 is 0 Å². The van der Waals surface area contributed by atoms with Gasteiger partial charge in [0.1, 0.15) is 0 Å². The lowest BCUT2D eigenvalue weighted by molar-refractivity contribution is -0.415. The molecule has 0 bridgehead atoms. The maximum atomic E-state index is 13.3. The molecule has 1 nitrogen and oxygen atoms in total. The first-order chi connectivity index (χ1) is 11.3. The Bertz CT molecular complexity index is 543. The molecule has 0 saturated heterocycles. The second-order valence-corrected chi connectivity index (χ2v) is 4.69. The van der Waals surface area contributed by atoms with Crippen molar-refractivity contribution in [3.8, 4) is 0 Å². The van der Waals surface area contributed by atoms with Crippen LogP contribution < -0.4 is 0 Å². The highest BCUT2D eigenvalue weighted by molar-refractivity contribution is 5.90. The number of rotatable bonds is 4. The Morgan fingerprint density at radius 3 is 1.00 bits per heavy atom. The third kappa shape index (κ3) is 3.88. The van der Waals surface area contributed by atoms with Crippen LogP contribution >= 0.6 is 0 Å². The van der Waals surface area contributed by atoms with Crippen molar-refractivity contribution in [3.63, 3.8) is 0 Å². The zero-order chi connectivity index (χ0) is 22.7. The van der Waals surface area contributed by atoms with Gasteiger partial charge in [-0.1, -0.05) is 0 Å². The van der Waals surface area contributed by atoms with Gasteiger partial charge in [-0.05, 0) is 0 Å². The molecule has 0 heterocycles. The molecule has 18 heteroatoms. The minimum absolute atomic E-state index is 5.16. The van der Waals surface area contributed by atoms with Crippen LogP contribution in [0.1, 0.15) is 0 Å². The SMILES string of the molecule is O=C(C(C(F)(F)F)C(F)(F)C(F)(C(F)(F)F)C(F)(F)F)C(F)(F)C(F)(F)F. The van der Waals surface area contributed by atoms with Crippen molar-refractivity contribution in [2.75, 3.05) is 0 Å². The largest absolute Gasteiger partial charge is 0.461 e. The van der Waals surface area contributed by atoms with Gasteiger partial charge in [-0.25, -0.2) is 13.2 Å². The van der Waals surface area contributed by atoms with Gasteiger partial charge in [0, 0.05) is 0 Å². The lowest BCUT2D eigenvalue weighted by Gasteiger charge is -2.40. The molecule has 0 fully saturated rings. The molecule has 1 unspecified atom stereocenters. The van der Waals surface area contributed by atoms with Crippen LogP contribution in [0.4, 0.5) is 74.6 Å². The van der Waals surface area contributed by atoms with Crippen LogP contribution in [0.5, 0.6) is 0 Å². The summed E-state index contributed by atoms with van der Waals surface area (Å²) in [6.45, 7) is 0. The molecule has 162 valence electrons. The van der Waals surface area contributed by atoms with Crippen LogP contribution in [0.25, 0.3) is 0 Å². The lowest BCUT2D eigenvalue weighted by Crippen LogP contribution is -2.71. The minimum atomic E-state index is -8.30. The molecule has 27 heavy (non-hydrogen) atoms. The number of ketones is 1. The average molecular weight is 448 g/mol. The van der Waals surface area contributed by atoms with Gasteiger partial charge in [-0.15, -0.1) is 0 Å². The molecule has 0 aliphatic carbocycles. The quantitative estimate of drug-likeness (QED) is 0.527. The molecular weight excluding hydrogens is 447 g/mol. The number of hydrogen-bond donors (Lipinski definition) is 0. The first-order valence-electron chi connectivity index (χ1n) is 5.53. The highest BCUT2D eigenvalue weighted by atomic mass is 19.4. The summed E-state index contributed by atoms with van der Waals surface area (Å²) in [5.41, 5.74) is -8.30.